The van der Waals surface area contributed by atoms with Crippen LogP contribution in [0.4, 0.5) is 0 Å². The number of amides is 2. The van der Waals surface area contributed by atoms with Gasteiger partial charge in [-0.2, -0.15) is 0 Å². The highest BCUT2D eigenvalue weighted by Gasteiger charge is 2.18. The molecular weight excluding hydrogens is 256 g/mol. The molecule has 1 aromatic carbocycles. The average molecular weight is 274 g/mol. The first-order valence-electron chi connectivity index (χ1n) is 6.45. The number of likely N-dealkylation sites (N-methyl/N-ethyl adjacent to an activating group) is 1. The molecule has 1 heterocycles. The first-order valence-corrected chi connectivity index (χ1v) is 6.45. The summed E-state index contributed by atoms with van der Waals surface area (Å²) in [6, 6.07) is 7.34. The van der Waals surface area contributed by atoms with Crippen molar-refractivity contribution >= 4 is 22.8 Å². The molecule has 106 valence electrons. The van der Waals surface area contributed by atoms with E-state index in [0.29, 0.717) is 5.82 Å². The van der Waals surface area contributed by atoms with Crippen molar-refractivity contribution in [3.63, 3.8) is 0 Å². The van der Waals surface area contributed by atoms with E-state index < -0.39 is 0 Å². The molecule has 1 aromatic heterocycles. The van der Waals surface area contributed by atoms with Gasteiger partial charge in [-0.1, -0.05) is 12.1 Å². The standard InChI is InChI=1S/C14H18N4O2/c1-9(16-10(2)19)14-17-11-6-4-5-7-12(11)18(14)8-13(20)15-3/h4-7,9H,8H2,1-3H3,(H,15,20)(H,16,19)/t9-/m0/s1. The summed E-state index contributed by atoms with van der Waals surface area (Å²) in [7, 11) is 1.60. The molecule has 0 bridgehead atoms. The highest BCUT2D eigenvalue weighted by atomic mass is 16.2. The van der Waals surface area contributed by atoms with E-state index in [2.05, 4.69) is 15.6 Å². The third-order valence-corrected chi connectivity index (χ3v) is 3.07. The van der Waals surface area contributed by atoms with Crippen molar-refractivity contribution in [1.82, 2.24) is 20.2 Å². The molecule has 0 radical (unpaired) electrons. The van der Waals surface area contributed by atoms with Gasteiger partial charge >= 0.3 is 0 Å². The fourth-order valence-electron chi connectivity index (χ4n) is 2.18. The lowest BCUT2D eigenvalue weighted by atomic mass is 10.3. The van der Waals surface area contributed by atoms with Crippen LogP contribution in [0.2, 0.25) is 0 Å². The summed E-state index contributed by atoms with van der Waals surface area (Å²) in [6.07, 6.45) is 0. The molecule has 0 spiro atoms. The molecule has 0 saturated heterocycles. The first-order chi connectivity index (χ1) is 9.52. The Morgan fingerprint density at radius 3 is 2.70 bits per heavy atom. The van der Waals surface area contributed by atoms with Gasteiger partial charge in [0.15, 0.2) is 0 Å². The van der Waals surface area contributed by atoms with Crippen LogP contribution in [0, 0.1) is 0 Å². The Hall–Kier alpha value is -2.37. The number of fused-ring (bicyclic) bond motifs is 1. The largest absolute Gasteiger partial charge is 0.358 e. The van der Waals surface area contributed by atoms with Crippen LogP contribution in [-0.4, -0.2) is 28.4 Å². The van der Waals surface area contributed by atoms with Gasteiger partial charge in [0.2, 0.25) is 11.8 Å². The van der Waals surface area contributed by atoms with E-state index in [1.807, 2.05) is 35.8 Å². The molecule has 2 N–H and O–H groups in total. The third kappa shape index (κ3) is 2.79. The van der Waals surface area contributed by atoms with Crippen LogP contribution < -0.4 is 10.6 Å². The second kappa shape index (κ2) is 5.73. The summed E-state index contributed by atoms with van der Waals surface area (Å²) in [4.78, 5) is 27.4. The number of nitrogens with zero attached hydrogens (tertiary/aromatic N) is 2. The minimum atomic E-state index is -0.260. The summed E-state index contributed by atoms with van der Waals surface area (Å²) in [5.41, 5.74) is 1.69. The molecule has 0 aliphatic carbocycles. The minimum Gasteiger partial charge on any atom is -0.358 e. The molecule has 1 atom stereocenters. The molecule has 6 nitrogen and oxygen atoms in total. The van der Waals surface area contributed by atoms with Gasteiger partial charge in [-0.25, -0.2) is 4.98 Å². The van der Waals surface area contributed by atoms with Crippen LogP contribution in [0.25, 0.3) is 11.0 Å². The molecule has 6 heteroatoms. The molecule has 2 aromatic rings. The van der Waals surface area contributed by atoms with Crippen molar-refractivity contribution in [2.45, 2.75) is 26.4 Å². The zero-order valence-electron chi connectivity index (χ0n) is 11.8. The normalized spacial score (nSPS) is 12.2. The lowest BCUT2D eigenvalue weighted by molar-refractivity contribution is -0.121. The highest BCUT2D eigenvalue weighted by molar-refractivity contribution is 5.81. The topological polar surface area (TPSA) is 76.0 Å². The number of aromatic nitrogens is 2. The van der Waals surface area contributed by atoms with Crippen LogP contribution in [0.1, 0.15) is 25.7 Å². The van der Waals surface area contributed by atoms with Gasteiger partial charge in [0.25, 0.3) is 0 Å². The van der Waals surface area contributed by atoms with Crippen molar-refractivity contribution in [2.24, 2.45) is 0 Å². The van der Waals surface area contributed by atoms with Gasteiger partial charge in [-0.05, 0) is 19.1 Å². The molecule has 2 amide bonds. The molecule has 0 fully saturated rings. The molecule has 0 unspecified atom stereocenters. The Morgan fingerprint density at radius 2 is 2.05 bits per heavy atom. The van der Waals surface area contributed by atoms with Crippen LogP contribution in [0.15, 0.2) is 24.3 Å². The SMILES string of the molecule is CNC(=O)Cn1c([C@H](C)NC(C)=O)nc2ccccc21. The van der Waals surface area contributed by atoms with Gasteiger partial charge in [0.05, 0.1) is 17.1 Å². The van der Waals surface area contributed by atoms with Gasteiger partial charge in [-0.15, -0.1) is 0 Å². The van der Waals surface area contributed by atoms with E-state index in [1.54, 1.807) is 7.05 Å². The van der Waals surface area contributed by atoms with Crippen molar-refractivity contribution in [3.05, 3.63) is 30.1 Å². The van der Waals surface area contributed by atoms with Crippen molar-refractivity contribution < 1.29 is 9.59 Å². The predicted octanol–water partition coefficient (Wildman–Crippen LogP) is 0.979. The lowest BCUT2D eigenvalue weighted by Crippen LogP contribution is -2.29. The fourth-order valence-corrected chi connectivity index (χ4v) is 2.18. The van der Waals surface area contributed by atoms with Crippen LogP contribution >= 0.6 is 0 Å². The van der Waals surface area contributed by atoms with E-state index in [1.165, 1.54) is 6.92 Å². The van der Waals surface area contributed by atoms with Gasteiger partial charge in [0.1, 0.15) is 12.4 Å². The Morgan fingerprint density at radius 1 is 1.35 bits per heavy atom. The minimum absolute atomic E-state index is 0.107. The predicted molar refractivity (Wildman–Crippen MR) is 76.0 cm³/mol. The van der Waals surface area contributed by atoms with Gasteiger partial charge in [-0.3, -0.25) is 9.59 Å². The summed E-state index contributed by atoms with van der Waals surface area (Å²) >= 11 is 0. The second-order valence-corrected chi connectivity index (χ2v) is 4.64. The highest BCUT2D eigenvalue weighted by Crippen LogP contribution is 2.20. The molecule has 0 saturated carbocycles. The van der Waals surface area contributed by atoms with Crippen molar-refractivity contribution in [2.75, 3.05) is 7.05 Å². The Labute approximate surface area is 117 Å². The van der Waals surface area contributed by atoms with Crippen LogP contribution in [-0.2, 0) is 16.1 Å². The maximum atomic E-state index is 11.7. The zero-order valence-corrected chi connectivity index (χ0v) is 11.8. The molecule has 0 aliphatic heterocycles. The molecule has 0 aliphatic rings. The Kier molecular flexibility index (Phi) is 4.02. The second-order valence-electron chi connectivity index (χ2n) is 4.64. The summed E-state index contributed by atoms with van der Waals surface area (Å²) in [5, 5.41) is 5.40. The van der Waals surface area contributed by atoms with Gasteiger partial charge < -0.3 is 15.2 Å². The van der Waals surface area contributed by atoms with E-state index in [-0.39, 0.29) is 24.4 Å². The van der Waals surface area contributed by atoms with Crippen LogP contribution in [0.3, 0.4) is 0 Å². The summed E-state index contributed by atoms with van der Waals surface area (Å²) in [6.45, 7) is 3.49. The van der Waals surface area contributed by atoms with E-state index in [9.17, 15) is 9.59 Å². The van der Waals surface area contributed by atoms with Crippen molar-refractivity contribution in [1.29, 1.82) is 0 Å². The van der Waals surface area contributed by atoms with E-state index >= 15 is 0 Å². The molecular formula is C14H18N4O2. The quantitative estimate of drug-likeness (QED) is 0.872. The first kappa shape index (κ1) is 14.0. The van der Waals surface area contributed by atoms with Crippen molar-refractivity contribution in [3.8, 4) is 0 Å². The Bertz CT molecular complexity index is 648. The monoisotopic (exact) mass is 274 g/mol. The zero-order chi connectivity index (χ0) is 14.7. The van der Waals surface area contributed by atoms with E-state index in [4.69, 9.17) is 0 Å². The number of rotatable bonds is 4. The number of para-hydroxylation sites is 2. The number of carbonyl (C=O) groups excluding carboxylic acids is 2. The van der Waals surface area contributed by atoms with Gasteiger partial charge in [0, 0.05) is 14.0 Å². The number of nitrogens with one attached hydrogen (secondary N) is 2. The Balaban J connectivity index is 2.48. The smallest absolute Gasteiger partial charge is 0.239 e. The molecule has 20 heavy (non-hydrogen) atoms. The number of benzene rings is 1. The van der Waals surface area contributed by atoms with E-state index in [0.717, 1.165) is 11.0 Å². The number of hydrogen-bond acceptors (Lipinski definition) is 3. The molecule has 2 rings (SSSR count). The summed E-state index contributed by atoms with van der Waals surface area (Å²) < 4.78 is 1.83. The summed E-state index contributed by atoms with van der Waals surface area (Å²) in [5.74, 6) is 0.436. The maximum Gasteiger partial charge on any atom is 0.239 e. The lowest BCUT2D eigenvalue weighted by Gasteiger charge is -2.14. The maximum absolute atomic E-state index is 11.7. The number of carbonyl (C=O) groups is 2. The number of hydrogen-bond donors (Lipinski definition) is 2. The third-order valence-electron chi connectivity index (χ3n) is 3.07. The van der Waals surface area contributed by atoms with Crippen LogP contribution in [0.5, 0.6) is 0 Å². The average Bonchev–Trinajstić information content (AvgIpc) is 2.77. The fraction of sp³-hybridized carbons (Fsp3) is 0.357. The number of imidazole rings is 1.